The van der Waals surface area contributed by atoms with E-state index in [2.05, 4.69) is 11.9 Å². The number of benzene rings is 2. The normalized spacial score (nSPS) is 14.8. The maximum atomic E-state index is 13.9. The minimum Gasteiger partial charge on any atom is -0.493 e. The van der Waals surface area contributed by atoms with Gasteiger partial charge in [0.25, 0.3) is 5.91 Å². The number of aromatic nitrogens is 1. The third-order valence-electron chi connectivity index (χ3n) is 6.68. The Balaban J connectivity index is 1.68. The minimum absolute atomic E-state index is 0.0357. The summed E-state index contributed by atoms with van der Waals surface area (Å²) in [5.74, 6) is 1.23. The van der Waals surface area contributed by atoms with Crippen molar-refractivity contribution in [3.8, 4) is 11.5 Å². The van der Waals surface area contributed by atoms with Crippen molar-refractivity contribution in [1.29, 1.82) is 0 Å². The van der Waals surface area contributed by atoms with E-state index < -0.39 is 11.9 Å². The highest BCUT2D eigenvalue weighted by atomic mass is 16.5. The summed E-state index contributed by atoms with van der Waals surface area (Å²) in [6.07, 6.45) is 4.80. The van der Waals surface area contributed by atoms with Crippen molar-refractivity contribution in [1.82, 2.24) is 4.98 Å². The summed E-state index contributed by atoms with van der Waals surface area (Å²) in [6.45, 7) is 6.58. The Morgan fingerprint density at radius 1 is 0.973 bits per heavy atom. The first-order chi connectivity index (χ1) is 17.9. The summed E-state index contributed by atoms with van der Waals surface area (Å²) < 4.78 is 17.7. The van der Waals surface area contributed by atoms with E-state index in [1.807, 2.05) is 50.2 Å². The lowest BCUT2D eigenvalue weighted by Gasteiger charge is -2.25. The summed E-state index contributed by atoms with van der Waals surface area (Å²) in [7, 11) is 1.58. The molecule has 5 rings (SSSR count). The summed E-state index contributed by atoms with van der Waals surface area (Å²) >= 11 is 0. The highest BCUT2D eigenvalue weighted by molar-refractivity contribution is 6.10. The zero-order valence-electron chi connectivity index (χ0n) is 21.5. The van der Waals surface area contributed by atoms with E-state index >= 15 is 0 Å². The highest BCUT2D eigenvalue weighted by Crippen LogP contribution is 2.43. The molecule has 0 radical (unpaired) electrons. The van der Waals surface area contributed by atoms with Gasteiger partial charge in [0.1, 0.15) is 11.4 Å². The van der Waals surface area contributed by atoms with E-state index in [0.29, 0.717) is 46.0 Å². The van der Waals surface area contributed by atoms with Crippen molar-refractivity contribution in [2.45, 2.75) is 46.1 Å². The summed E-state index contributed by atoms with van der Waals surface area (Å²) in [4.78, 5) is 33.6. The third kappa shape index (κ3) is 4.46. The molecule has 0 saturated carbocycles. The average Bonchev–Trinajstić information content (AvgIpc) is 3.19. The van der Waals surface area contributed by atoms with Crippen LogP contribution in [0.4, 0.5) is 5.82 Å². The van der Waals surface area contributed by atoms with Crippen molar-refractivity contribution in [2.24, 2.45) is 0 Å². The van der Waals surface area contributed by atoms with Crippen LogP contribution in [0.3, 0.4) is 0 Å². The van der Waals surface area contributed by atoms with Gasteiger partial charge in [-0.3, -0.25) is 14.5 Å². The molecule has 0 spiro atoms. The number of ether oxygens (including phenoxy) is 2. The van der Waals surface area contributed by atoms with Gasteiger partial charge >= 0.3 is 0 Å². The zero-order chi connectivity index (χ0) is 26.1. The van der Waals surface area contributed by atoms with Gasteiger partial charge in [-0.1, -0.05) is 37.5 Å². The fourth-order valence-electron chi connectivity index (χ4n) is 4.80. The lowest BCUT2D eigenvalue weighted by Crippen LogP contribution is -2.30. The van der Waals surface area contributed by atoms with Crippen LogP contribution in [0.5, 0.6) is 11.5 Å². The van der Waals surface area contributed by atoms with Crippen LogP contribution in [-0.4, -0.2) is 24.6 Å². The average molecular weight is 499 g/mol. The number of fused-ring (bicyclic) bond motifs is 2. The molecule has 0 aliphatic carbocycles. The number of carbonyl (C=O) groups is 1. The molecular formula is C30H30N2O5. The van der Waals surface area contributed by atoms with Gasteiger partial charge in [-0.05, 0) is 67.8 Å². The molecule has 0 bridgehead atoms. The quantitative estimate of drug-likeness (QED) is 0.272. The molecule has 7 heteroatoms. The van der Waals surface area contributed by atoms with Gasteiger partial charge in [-0.2, -0.15) is 0 Å². The zero-order valence-corrected chi connectivity index (χ0v) is 21.5. The Morgan fingerprint density at radius 3 is 2.54 bits per heavy atom. The molecule has 0 unspecified atom stereocenters. The van der Waals surface area contributed by atoms with Crippen molar-refractivity contribution in [3.05, 3.63) is 93.0 Å². The van der Waals surface area contributed by atoms with Crippen LogP contribution in [0.25, 0.3) is 11.0 Å². The monoisotopic (exact) mass is 498 g/mol. The molecule has 2 aromatic heterocycles. The predicted octanol–water partition coefficient (Wildman–Crippen LogP) is 6.13. The van der Waals surface area contributed by atoms with Gasteiger partial charge in [0, 0.05) is 6.20 Å². The number of amides is 1. The Labute approximate surface area is 215 Å². The van der Waals surface area contributed by atoms with Crippen LogP contribution < -0.4 is 19.8 Å². The largest absolute Gasteiger partial charge is 0.493 e. The molecule has 3 heterocycles. The minimum atomic E-state index is -0.735. The van der Waals surface area contributed by atoms with Crippen molar-refractivity contribution in [2.75, 3.05) is 18.6 Å². The fourth-order valence-corrected chi connectivity index (χ4v) is 4.80. The van der Waals surface area contributed by atoms with Gasteiger partial charge in [-0.25, -0.2) is 4.98 Å². The number of hydrogen-bond donors (Lipinski definition) is 0. The van der Waals surface area contributed by atoms with Crippen LogP contribution >= 0.6 is 0 Å². The van der Waals surface area contributed by atoms with Crippen molar-refractivity contribution >= 4 is 22.7 Å². The summed E-state index contributed by atoms with van der Waals surface area (Å²) in [6, 6.07) is 13.9. The summed E-state index contributed by atoms with van der Waals surface area (Å²) in [5.41, 5.74) is 3.03. The van der Waals surface area contributed by atoms with Gasteiger partial charge in [0.2, 0.25) is 5.76 Å². The molecule has 1 aliphatic heterocycles. The van der Waals surface area contributed by atoms with Crippen molar-refractivity contribution in [3.63, 3.8) is 0 Å². The number of rotatable bonds is 8. The van der Waals surface area contributed by atoms with Crippen LogP contribution in [0.15, 0.2) is 63.9 Å². The Morgan fingerprint density at radius 2 is 1.78 bits per heavy atom. The molecule has 1 atom stereocenters. The maximum absolute atomic E-state index is 13.9. The number of nitrogens with zero attached hydrogens (tertiary/aromatic N) is 2. The SMILES string of the molecule is CCCCCOc1ccc([C@@H]2c3c(oc4ccc(C)cc4c3=O)C(=O)N2c2cc(C)ccn2)cc1OC. The Hall–Kier alpha value is -4.13. The molecule has 190 valence electrons. The molecule has 1 aliphatic rings. The number of aryl methyl sites for hydroxylation is 2. The molecule has 7 nitrogen and oxygen atoms in total. The van der Waals surface area contributed by atoms with Crippen LogP contribution in [-0.2, 0) is 0 Å². The molecule has 1 amide bonds. The molecule has 2 aromatic carbocycles. The number of pyridine rings is 1. The molecular weight excluding hydrogens is 468 g/mol. The maximum Gasteiger partial charge on any atom is 0.296 e. The molecule has 4 aromatic rings. The predicted molar refractivity (Wildman–Crippen MR) is 143 cm³/mol. The van der Waals surface area contributed by atoms with Gasteiger partial charge in [0.15, 0.2) is 16.9 Å². The lowest BCUT2D eigenvalue weighted by molar-refractivity contribution is 0.0970. The lowest BCUT2D eigenvalue weighted by atomic mass is 9.97. The fraction of sp³-hybridized carbons (Fsp3) is 0.300. The topological polar surface area (TPSA) is 81.9 Å². The highest BCUT2D eigenvalue weighted by Gasteiger charge is 2.44. The first-order valence-corrected chi connectivity index (χ1v) is 12.6. The van der Waals surface area contributed by atoms with Gasteiger partial charge in [-0.15, -0.1) is 0 Å². The molecule has 0 N–H and O–H groups in total. The molecule has 0 saturated heterocycles. The second-order valence-corrected chi connectivity index (χ2v) is 9.41. The second kappa shape index (κ2) is 10.1. The van der Waals surface area contributed by atoms with E-state index in [4.69, 9.17) is 13.9 Å². The van der Waals surface area contributed by atoms with E-state index in [0.717, 1.165) is 30.4 Å². The summed E-state index contributed by atoms with van der Waals surface area (Å²) in [5, 5.41) is 0.443. The number of methoxy groups -OCH3 is 1. The second-order valence-electron chi connectivity index (χ2n) is 9.41. The van der Waals surface area contributed by atoms with Crippen molar-refractivity contribution < 1.29 is 18.7 Å². The standard InChI is InChI=1S/C30H30N2O5/c1-5-6-7-14-36-23-11-9-20(17-24(23)35-4)27-26-28(33)21-15-18(2)8-10-22(21)37-29(26)30(34)32(27)25-16-19(3)12-13-31-25/h8-13,15-17,27H,5-7,14H2,1-4H3/t27-/m1/s1. The first kappa shape index (κ1) is 24.6. The van der Waals surface area contributed by atoms with Gasteiger partial charge < -0.3 is 13.9 Å². The van der Waals surface area contributed by atoms with E-state index in [9.17, 15) is 9.59 Å². The molecule has 0 fully saturated rings. The van der Waals surface area contributed by atoms with Crippen LogP contribution in [0, 0.1) is 13.8 Å². The number of unbranched alkanes of at least 4 members (excludes halogenated alkanes) is 2. The smallest absolute Gasteiger partial charge is 0.296 e. The third-order valence-corrected chi connectivity index (χ3v) is 6.68. The van der Waals surface area contributed by atoms with Crippen LogP contribution in [0.1, 0.15) is 65.0 Å². The van der Waals surface area contributed by atoms with E-state index in [1.165, 1.54) is 4.90 Å². The van der Waals surface area contributed by atoms with Crippen LogP contribution in [0.2, 0.25) is 0 Å². The number of anilines is 1. The number of carbonyl (C=O) groups excluding carboxylic acids is 1. The van der Waals surface area contributed by atoms with Gasteiger partial charge in [0.05, 0.1) is 30.7 Å². The van der Waals surface area contributed by atoms with E-state index in [1.54, 1.807) is 25.4 Å². The Kier molecular flexibility index (Phi) is 6.70. The number of hydrogen-bond acceptors (Lipinski definition) is 6. The van der Waals surface area contributed by atoms with E-state index in [-0.39, 0.29) is 11.2 Å². The Bertz CT molecular complexity index is 1540. The first-order valence-electron chi connectivity index (χ1n) is 12.6. The molecule has 37 heavy (non-hydrogen) atoms.